The summed E-state index contributed by atoms with van der Waals surface area (Å²) in [5.74, 6) is 7.60. The number of rotatable bonds is 0. The van der Waals surface area contributed by atoms with Crippen molar-refractivity contribution < 1.29 is 14.9 Å². The van der Waals surface area contributed by atoms with E-state index in [1.54, 1.807) is 18.2 Å². The summed E-state index contributed by atoms with van der Waals surface area (Å²) >= 11 is 0. The van der Waals surface area contributed by atoms with E-state index in [0.29, 0.717) is 11.3 Å². The summed E-state index contributed by atoms with van der Waals surface area (Å²) in [5, 5.41) is 20.1. The summed E-state index contributed by atoms with van der Waals surface area (Å²) in [6.45, 7) is 7.77. The van der Waals surface area contributed by atoms with Crippen molar-refractivity contribution in [2.45, 2.75) is 46.1 Å². The van der Waals surface area contributed by atoms with E-state index in [1.807, 2.05) is 33.8 Å². The summed E-state index contributed by atoms with van der Waals surface area (Å²) in [4.78, 5) is 0. The van der Waals surface area contributed by atoms with Crippen molar-refractivity contribution in [1.29, 1.82) is 0 Å². The average molecular weight is 322 g/mol. The van der Waals surface area contributed by atoms with Crippen LogP contribution in [0.25, 0.3) is 0 Å². The molecule has 0 amide bonds. The third-order valence-corrected chi connectivity index (χ3v) is 4.89. The first-order chi connectivity index (χ1) is 11.3. The molecule has 1 unspecified atom stereocenters. The van der Waals surface area contributed by atoms with Crippen LogP contribution >= 0.6 is 0 Å². The number of para-hydroxylation sites is 1. The summed E-state index contributed by atoms with van der Waals surface area (Å²) in [5.41, 5.74) is 3.76. The zero-order valence-corrected chi connectivity index (χ0v) is 14.5. The molecule has 3 nitrogen and oxygen atoms in total. The van der Waals surface area contributed by atoms with Gasteiger partial charge >= 0.3 is 0 Å². The van der Waals surface area contributed by atoms with Gasteiger partial charge in [-0.1, -0.05) is 24.0 Å². The second kappa shape index (κ2) is 5.79. The number of benzene rings is 2. The summed E-state index contributed by atoms with van der Waals surface area (Å²) < 4.78 is 6.26. The SMILES string of the molecule is Cc1c(C)c2c(c(C)c1O)CCC(C)(C#Cc1ccccc1O)O2. The third kappa shape index (κ3) is 2.69. The standard InChI is InChI=1S/C21H22O3/c1-13-14(2)20-17(15(3)19(13)23)10-12-21(4,24-20)11-9-16-7-5-6-8-18(16)22/h5-8,22-23H,10,12H2,1-4H3. The fraction of sp³-hybridized carbons (Fsp3) is 0.333. The van der Waals surface area contributed by atoms with E-state index in [-0.39, 0.29) is 5.75 Å². The predicted molar refractivity (Wildman–Crippen MR) is 94.7 cm³/mol. The molecule has 24 heavy (non-hydrogen) atoms. The highest BCUT2D eigenvalue weighted by atomic mass is 16.5. The van der Waals surface area contributed by atoms with Crippen molar-refractivity contribution in [3.8, 4) is 29.1 Å². The minimum Gasteiger partial charge on any atom is -0.507 e. The van der Waals surface area contributed by atoms with Gasteiger partial charge in [-0.3, -0.25) is 0 Å². The highest BCUT2D eigenvalue weighted by molar-refractivity contribution is 5.59. The van der Waals surface area contributed by atoms with Crippen molar-refractivity contribution in [1.82, 2.24) is 0 Å². The van der Waals surface area contributed by atoms with Crippen LogP contribution in [0, 0.1) is 32.6 Å². The number of ether oxygens (including phenoxy) is 1. The van der Waals surface area contributed by atoms with E-state index in [2.05, 4.69) is 11.8 Å². The average Bonchev–Trinajstić information content (AvgIpc) is 2.57. The Bertz CT molecular complexity index is 871. The Kier molecular flexibility index (Phi) is 3.93. The molecule has 1 heterocycles. The Hall–Kier alpha value is -2.60. The Morgan fingerprint density at radius 2 is 1.75 bits per heavy atom. The minimum absolute atomic E-state index is 0.178. The van der Waals surface area contributed by atoms with Gasteiger partial charge in [-0.2, -0.15) is 0 Å². The van der Waals surface area contributed by atoms with Crippen LogP contribution in [0.3, 0.4) is 0 Å². The molecule has 0 saturated carbocycles. The van der Waals surface area contributed by atoms with E-state index >= 15 is 0 Å². The van der Waals surface area contributed by atoms with Gasteiger partial charge in [0.1, 0.15) is 17.2 Å². The molecular formula is C21H22O3. The Labute approximate surface area is 142 Å². The molecule has 3 heteroatoms. The van der Waals surface area contributed by atoms with Crippen molar-refractivity contribution in [2.24, 2.45) is 0 Å². The maximum atomic E-state index is 10.2. The fourth-order valence-electron chi connectivity index (χ4n) is 3.11. The second-order valence-corrected chi connectivity index (χ2v) is 6.63. The lowest BCUT2D eigenvalue weighted by Gasteiger charge is -2.34. The van der Waals surface area contributed by atoms with Crippen molar-refractivity contribution >= 4 is 0 Å². The number of phenolic OH excluding ortho intramolecular Hbond substituents is 2. The van der Waals surface area contributed by atoms with Gasteiger partial charge in [0.25, 0.3) is 0 Å². The maximum Gasteiger partial charge on any atom is 0.167 e. The van der Waals surface area contributed by atoms with Gasteiger partial charge in [0.05, 0.1) is 5.56 Å². The quantitative estimate of drug-likeness (QED) is 0.716. The first kappa shape index (κ1) is 16.3. The molecule has 3 rings (SSSR count). The first-order valence-electron chi connectivity index (χ1n) is 8.14. The van der Waals surface area contributed by atoms with Gasteiger partial charge in [0.15, 0.2) is 5.60 Å². The summed E-state index contributed by atoms with van der Waals surface area (Å²) in [6, 6.07) is 7.04. The Morgan fingerprint density at radius 3 is 2.46 bits per heavy atom. The highest BCUT2D eigenvalue weighted by Gasteiger charge is 2.33. The lowest BCUT2D eigenvalue weighted by atomic mass is 9.87. The molecular weight excluding hydrogens is 300 g/mol. The highest BCUT2D eigenvalue weighted by Crippen LogP contribution is 2.43. The molecule has 0 saturated heterocycles. The molecule has 2 N–H and O–H groups in total. The van der Waals surface area contributed by atoms with E-state index in [0.717, 1.165) is 40.8 Å². The number of hydrogen-bond acceptors (Lipinski definition) is 3. The lowest BCUT2D eigenvalue weighted by molar-refractivity contribution is 0.122. The summed E-state index contributed by atoms with van der Waals surface area (Å²) in [7, 11) is 0. The second-order valence-electron chi connectivity index (χ2n) is 6.63. The molecule has 0 spiro atoms. The zero-order valence-electron chi connectivity index (χ0n) is 14.5. The number of hydrogen-bond donors (Lipinski definition) is 2. The molecule has 2 aromatic carbocycles. The molecule has 1 atom stereocenters. The molecule has 0 bridgehead atoms. The Balaban J connectivity index is 2.00. The van der Waals surface area contributed by atoms with Crippen LogP contribution in [0.5, 0.6) is 17.2 Å². The van der Waals surface area contributed by atoms with E-state index in [4.69, 9.17) is 4.74 Å². The smallest absolute Gasteiger partial charge is 0.167 e. The van der Waals surface area contributed by atoms with Crippen LogP contribution in [0.1, 0.15) is 41.2 Å². The van der Waals surface area contributed by atoms with Gasteiger partial charge in [-0.15, -0.1) is 0 Å². The molecule has 1 aliphatic rings. The predicted octanol–water partition coefficient (Wildman–Crippen LogP) is 4.16. The maximum absolute atomic E-state index is 10.2. The first-order valence-corrected chi connectivity index (χ1v) is 8.14. The van der Waals surface area contributed by atoms with Crippen molar-refractivity contribution in [2.75, 3.05) is 0 Å². The Morgan fingerprint density at radius 1 is 1.04 bits per heavy atom. The number of fused-ring (bicyclic) bond motifs is 1. The van der Waals surface area contributed by atoms with Crippen molar-refractivity contribution in [3.05, 3.63) is 52.1 Å². The van der Waals surface area contributed by atoms with Gasteiger partial charge in [0.2, 0.25) is 0 Å². The summed E-state index contributed by atoms with van der Waals surface area (Å²) in [6.07, 6.45) is 1.55. The fourth-order valence-corrected chi connectivity index (χ4v) is 3.11. The molecule has 0 fully saturated rings. The van der Waals surface area contributed by atoms with E-state index < -0.39 is 5.60 Å². The minimum atomic E-state index is -0.615. The van der Waals surface area contributed by atoms with Crippen LogP contribution in [-0.2, 0) is 6.42 Å². The molecule has 1 aliphatic heterocycles. The van der Waals surface area contributed by atoms with Crippen LogP contribution < -0.4 is 4.74 Å². The van der Waals surface area contributed by atoms with E-state index in [9.17, 15) is 10.2 Å². The van der Waals surface area contributed by atoms with Crippen LogP contribution in [0.2, 0.25) is 0 Å². The monoisotopic (exact) mass is 322 g/mol. The number of aromatic hydroxyl groups is 2. The lowest BCUT2D eigenvalue weighted by Crippen LogP contribution is -2.35. The van der Waals surface area contributed by atoms with E-state index in [1.165, 1.54) is 0 Å². The van der Waals surface area contributed by atoms with Gasteiger partial charge in [-0.05, 0) is 62.9 Å². The molecule has 0 radical (unpaired) electrons. The molecule has 0 aromatic heterocycles. The molecule has 124 valence electrons. The van der Waals surface area contributed by atoms with Gasteiger partial charge in [0, 0.05) is 12.0 Å². The van der Waals surface area contributed by atoms with Crippen LogP contribution in [0.15, 0.2) is 24.3 Å². The normalized spacial score (nSPS) is 19.0. The topological polar surface area (TPSA) is 49.7 Å². The van der Waals surface area contributed by atoms with Crippen molar-refractivity contribution in [3.63, 3.8) is 0 Å². The largest absolute Gasteiger partial charge is 0.507 e. The van der Waals surface area contributed by atoms with Gasteiger partial charge < -0.3 is 14.9 Å². The van der Waals surface area contributed by atoms with Crippen LogP contribution in [0.4, 0.5) is 0 Å². The zero-order chi connectivity index (χ0) is 17.5. The molecule has 0 aliphatic carbocycles. The van der Waals surface area contributed by atoms with Crippen LogP contribution in [-0.4, -0.2) is 15.8 Å². The van der Waals surface area contributed by atoms with Gasteiger partial charge in [-0.25, -0.2) is 0 Å². The third-order valence-electron chi connectivity index (χ3n) is 4.89. The number of phenols is 2. The molecule has 2 aromatic rings.